The number of benzene rings is 2. The van der Waals surface area contributed by atoms with E-state index < -0.39 is 11.6 Å². The van der Waals surface area contributed by atoms with Crippen LogP contribution in [-0.4, -0.2) is 18.2 Å². The topological polar surface area (TPSA) is 80.6 Å². The van der Waals surface area contributed by atoms with E-state index in [4.69, 9.17) is 21.4 Å². The van der Waals surface area contributed by atoms with Gasteiger partial charge in [0, 0.05) is 23.2 Å². The first kappa shape index (κ1) is 17.6. The molecule has 0 radical (unpaired) electrons. The standard InChI is InChI=1S/C19H16N2O4S/c1-11-9-17(22)25-16-10-12(7-8-13(11)16)20-19(26)21-15-6-4-3-5-14(15)18(23)24-2/h3-10H,1-2H3,(H2,20,21,26). The summed E-state index contributed by atoms with van der Waals surface area (Å²) in [6.07, 6.45) is 0. The molecule has 3 rings (SSSR count). The Morgan fingerprint density at radius 1 is 1.12 bits per heavy atom. The zero-order chi connectivity index (χ0) is 18.7. The molecular formula is C19H16N2O4S. The highest BCUT2D eigenvalue weighted by Gasteiger charge is 2.12. The molecule has 0 bridgehead atoms. The van der Waals surface area contributed by atoms with E-state index in [2.05, 4.69) is 10.6 Å². The number of hydrogen-bond donors (Lipinski definition) is 2. The zero-order valence-electron chi connectivity index (χ0n) is 14.2. The lowest BCUT2D eigenvalue weighted by Crippen LogP contribution is -2.21. The number of esters is 1. The normalized spacial score (nSPS) is 10.4. The van der Waals surface area contributed by atoms with Gasteiger partial charge in [0.1, 0.15) is 5.58 Å². The van der Waals surface area contributed by atoms with Crippen molar-refractivity contribution < 1.29 is 13.9 Å². The first-order valence-corrected chi connectivity index (χ1v) is 8.18. The minimum Gasteiger partial charge on any atom is -0.465 e. The molecule has 0 atom stereocenters. The highest BCUT2D eigenvalue weighted by Crippen LogP contribution is 2.21. The summed E-state index contributed by atoms with van der Waals surface area (Å²) in [5.74, 6) is -0.459. The molecule has 132 valence electrons. The molecule has 0 saturated carbocycles. The molecule has 3 aromatic rings. The summed E-state index contributed by atoms with van der Waals surface area (Å²) in [4.78, 5) is 23.4. The van der Waals surface area contributed by atoms with E-state index in [0.717, 1.165) is 10.9 Å². The molecule has 2 N–H and O–H groups in total. The average Bonchev–Trinajstić information content (AvgIpc) is 2.61. The summed E-state index contributed by atoms with van der Waals surface area (Å²) in [5.41, 5.74) is 2.46. The maximum absolute atomic E-state index is 11.8. The number of methoxy groups -OCH3 is 1. The highest BCUT2D eigenvalue weighted by atomic mass is 32.1. The summed E-state index contributed by atoms with van der Waals surface area (Å²) >= 11 is 5.31. The van der Waals surface area contributed by atoms with Gasteiger partial charge < -0.3 is 19.8 Å². The van der Waals surface area contributed by atoms with Crippen molar-refractivity contribution in [3.05, 3.63) is 70.1 Å². The predicted octanol–water partition coefficient (Wildman–Crippen LogP) is 3.70. The molecule has 0 aliphatic carbocycles. The quantitative estimate of drug-likeness (QED) is 0.414. The number of para-hydroxylation sites is 1. The van der Waals surface area contributed by atoms with E-state index in [1.54, 1.807) is 30.3 Å². The molecule has 1 heterocycles. The van der Waals surface area contributed by atoms with Crippen LogP contribution >= 0.6 is 12.2 Å². The third kappa shape index (κ3) is 3.73. The van der Waals surface area contributed by atoms with E-state index in [1.165, 1.54) is 13.2 Å². The highest BCUT2D eigenvalue weighted by molar-refractivity contribution is 7.80. The van der Waals surface area contributed by atoms with Gasteiger partial charge in [-0.25, -0.2) is 9.59 Å². The van der Waals surface area contributed by atoms with Gasteiger partial charge >= 0.3 is 11.6 Å². The monoisotopic (exact) mass is 368 g/mol. The van der Waals surface area contributed by atoms with Gasteiger partial charge in [0.2, 0.25) is 0 Å². The molecule has 0 amide bonds. The van der Waals surface area contributed by atoms with Gasteiger partial charge in [0.05, 0.1) is 18.4 Å². The Labute approximate surface area is 154 Å². The Balaban J connectivity index is 1.82. The fourth-order valence-corrected chi connectivity index (χ4v) is 2.80. The maximum atomic E-state index is 11.8. The Morgan fingerprint density at radius 2 is 1.88 bits per heavy atom. The summed E-state index contributed by atoms with van der Waals surface area (Å²) in [5, 5.41) is 7.12. The summed E-state index contributed by atoms with van der Waals surface area (Å²) in [6.45, 7) is 1.85. The molecular weight excluding hydrogens is 352 g/mol. The van der Waals surface area contributed by atoms with Gasteiger partial charge in [0.15, 0.2) is 5.11 Å². The van der Waals surface area contributed by atoms with Crippen molar-refractivity contribution in [1.82, 2.24) is 0 Å². The summed E-state index contributed by atoms with van der Waals surface area (Å²) in [6, 6.07) is 13.7. The SMILES string of the molecule is COC(=O)c1ccccc1NC(=S)Nc1ccc2c(C)cc(=O)oc2c1. The van der Waals surface area contributed by atoms with E-state index >= 15 is 0 Å². The molecule has 2 aromatic carbocycles. The van der Waals surface area contributed by atoms with Crippen LogP contribution in [-0.2, 0) is 4.74 Å². The number of rotatable bonds is 3. The Kier molecular flexibility index (Phi) is 4.99. The Morgan fingerprint density at radius 3 is 2.65 bits per heavy atom. The Hall–Kier alpha value is -3.19. The van der Waals surface area contributed by atoms with E-state index in [9.17, 15) is 9.59 Å². The predicted molar refractivity (Wildman–Crippen MR) is 105 cm³/mol. The van der Waals surface area contributed by atoms with Crippen LogP contribution in [0.25, 0.3) is 11.0 Å². The van der Waals surface area contributed by atoms with Crippen LogP contribution in [0.15, 0.2) is 57.7 Å². The second kappa shape index (κ2) is 7.37. The van der Waals surface area contributed by atoms with Crippen LogP contribution in [0.5, 0.6) is 0 Å². The molecule has 0 fully saturated rings. The number of hydrogen-bond acceptors (Lipinski definition) is 5. The molecule has 0 spiro atoms. The summed E-state index contributed by atoms with van der Waals surface area (Å²) < 4.78 is 9.99. The third-order valence-electron chi connectivity index (χ3n) is 3.79. The molecule has 0 saturated heterocycles. The number of anilines is 2. The van der Waals surface area contributed by atoms with Crippen LogP contribution in [0.3, 0.4) is 0 Å². The van der Waals surface area contributed by atoms with Crippen molar-refractivity contribution in [2.24, 2.45) is 0 Å². The smallest absolute Gasteiger partial charge is 0.339 e. The van der Waals surface area contributed by atoms with Crippen LogP contribution in [0.1, 0.15) is 15.9 Å². The maximum Gasteiger partial charge on any atom is 0.339 e. The molecule has 1 aromatic heterocycles. The lowest BCUT2D eigenvalue weighted by molar-refractivity contribution is 0.0602. The molecule has 26 heavy (non-hydrogen) atoms. The van der Waals surface area contributed by atoms with Crippen molar-refractivity contribution in [1.29, 1.82) is 0 Å². The van der Waals surface area contributed by atoms with Gasteiger partial charge in [-0.1, -0.05) is 12.1 Å². The van der Waals surface area contributed by atoms with E-state index in [1.807, 2.05) is 19.1 Å². The number of ether oxygens (including phenoxy) is 1. The van der Waals surface area contributed by atoms with Crippen molar-refractivity contribution in [3.8, 4) is 0 Å². The third-order valence-corrected chi connectivity index (χ3v) is 3.99. The lowest BCUT2D eigenvalue weighted by atomic mass is 10.1. The van der Waals surface area contributed by atoms with Crippen molar-refractivity contribution in [2.75, 3.05) is 17.7 Å². The van der Waals surface area contributed by atoms with Gasteiger partial charge in [-0.15, -0.1) is 0 Å². The Bertz CT molecular complexity index is 1060. The largest absolute Gasteiger partial charge is 0.465 e. The van der Waals surface area contributed by atoms with Gasteiger partial charge in [-0.2, -0.15) is 0 Å². The number of carbonyl (C=O) groups is 1. The van der Waals surface area contributed by atoms with Crippen LogP contribution in [0, 0.1) is 6.92 Å². The fourth-order valence-electron chi connectivity index (χ4n) is 2.57. The number of nitrogens with one attached hydrogen (secondary N) is 2. The molecule has 0 aliphatic heterocycles. The second-order valence-electron chi connectivity index (χ2n) is 5.58. The molecule has 7 heteroatoms. The average molecular weight is 368 g/mol. The zero-order valence-corrected chi connectivity index (χ0v) is 15.0. The van der Waals surface area contributed by atoms with Gasteiger partial charge in [-0.05, 0) is 49.0 Å². The van der Waals surface area contributed by atoms with Crippen LogP contribution in [0.2, 0.25) is 0 Å². The van der Waals surface area contributed by atoms with E-state index in [0.29, 0.717) is 22.5 Å². The number of aryl methyl sites for hydroxylation is 1. The van der Waals surface area contributed by atoms with Crippen molar-refractivity contribution in [3.63, 3.8) is 0 Å². The first-order chi connectivity index (χ1) is 12.5. The van der Waals surface area contributed by atoms with Gasteiger partial charge in [-0.3, -0.25) is 0 Å². The molecule has 6 nitrogen and oxygen atoms in total. The number of fused-ring (bicyclic) bond motifs is 1. The van der Waals surface area contributed by atoms with E-state index in [-0.39, 0.29) is 5.11 Å². The van der Waals surface area contributed by atoms with Crippen LogP contribution < -0.4 is 16.3 Å². The lowest BCUT2D eigenvalue weighted by Gasteiger charge is -2.13. The van der Waals surface area contributed by atoms with Gasteiger partial charge in [0.25, 0.3) is 0 Å². The first-order valence-electron chi connectivity index (χ1n) is 7.78. The molecule has 0 unspecified atom stereocenters. The number of carbonyl (C=O) groups excluding carboxylic acids is 1. The summed E-state index contributed by atoms with van der Waals surface area (Å²) in [7, 11) is 1.32. The number of thiocarbonyl (C=S) groups is 1. The second-order valence-corrected chi connectivity index (χ2v) is 5.98. The minimum absolute atomic E-state index is 0.288. The van der Waals surface area contributed by atoms with Crippen LogP contribution in [0.4, 0.5) is 11.4 Å². The minimum atomic E-state index is -0.459. The van der Waals surface area contributed by atoms with Crippen molar-refractivity contribution >= 4 is 45.6 Å². The molecule has 0 aliphatic rings. The van der Waals surface area contributed by atoms with Crippen molar-refractivity contribution in [2.45, 2.75) is 6.92 Å². The fraction of sp³-hybridized carbons (Fsp3) is 0.105.